The lowest BCUT2D eigenvalue weighted by atomic mass is 9.95. The fourth-order valence-corrected chi connectivity index (χ4v) is 1.51. The van der Waals surface area contributed by atoms with Gasteiger partial charge in [-0.25, -0.2) is 0 Å². The average Bonchev–Trinajstić information content (AvgIpc) is 2.20. The molecule has 1 aromatic carbocycles. The van der Waals surface area contributed by atoms with Crippen molar-refractivity contribution < 1.29 is 4.74 Å². The minimum Gasteiger partial charge on any atom is -0.496 e. The van der Waals surface area contributed by atoms with Crippen LogP contribution in [0.25, 0.3) is 0 Å². The van der Waals surface area contributed by atoms with E-state index in [0.29, 0.717) is 0 Å². The second-order valence-electron chi connectivity index (χ2n) is 3.34. The first kappa shape index (κ1) is 10.6. The molecule has 74 valence electrons. The third kappa shape index (κ3) is 2.05. The lowest BCUT2D eigenvalue weighted by molar-refractivity contribution is 0.407. The van der Waals surface area contributed by atoms with Gasteiger partial charge >= 0.3 is 0 Å². The third-order valence-electron chi connectivity index (χ3n) is 2.32. The number of nitrogens with zero attached hydrogens (tertiary/aromatic N) is 1. The fourth-order valence-electron chi connectivity index (χ4n) is 1.51. The molecule has 0 bridgehead atoms. The van der Waals surface area contributed by atoms with Crippen LogP contribution in [0.2, 0.25) is 0 Å². The van der Waals surface area contributed by atoms with Crippen molar-refractivity contribution in [1.29, 1.82) is 5.26 Å². The Labute approximate surface area is 85.1 Å². The summed E-state index contributed by atoms with van der Waals surface area (Å²) in [6, 6.07) is 8.23. The molecule has 0 amide bonds. The van der Waals surface area contributed by atoms with E-state index < -0.39 is 0 Å². The highest BCUT2D eigenvalue weighted by molar-refractivity contribution is 5.41. The molecule has 0 N–H and O–H groups in total. The van der Waals surface area contributed by atoms with E-state index in [1.807, 2.05) is 32.0 Å². The molecule has 0 fully saturated rings. The van der Waals surface area contributed by atoms with E-state index in [0.717, 1.165) is 23.3 Å². The van der Waals surface area contributed by atoms with Crippen LogP contribution in [0.4, 0.5) is 0 Å². The predicted octanol–water partition coefficient (Wildman–Crippen LogP) is 3.02. The van der Waals surface area contributed by atoms with E-state index in [4.69, 9.17) is 10.00 Å². The number of hydrogen-bond donors (Lipinski definition) is 0. The van der Waals surface area contributed by atoms with Crippen LogP contribution in [-0.2, 0) is 0 Å². The highest BCUT2D eigenvalue weighted by Gasteiger charge is 2.13. The molecule has 1 aromatic rings. The van der Waals surface area contributed by atoms with Gasteiger partial charge in [-0.1, -0.05) is 24.6 Å². The van der Waals surface area contributed by atoms with E-state index in [-0.39, 0.29) is 5.92 Å². The Bertz CT molecular complexity index is 352. The molecule has 2 nitrogen and oxygen atoms in total. The molecule has 1 unspecified atom stereocenters. The Balaban J connectivity index is 3.16. The number of hydrogen-bond acceptors (Lipinski definition) is 2. The van der Waals surface area contributed by atoms with Gasteiger partial charge in [0.2, 0.25) is 0 Å². The first-order chi connectivity index (χ1) is 6.72. The molecule has 0 radical (unpaired) electrons. The molecule has 0 saturated carbocycles. The van der Waals surface area contributed by atoms with Crippen molar-refractivity contribution in [2.24, 2.45) is 0 Å². The van der Waals surface area contributed by atoms with Crippen LogP contribution < -0.4 is 4.74 Å². The number of benzene rings is 1. The second-order valence-corrected chi connectivity index (χ2v) is 3.34. The smallest absolute Gasteiger partial charge is 0.123 e. The summed E-state index contributed by atoms with van der Waals surface area (Å²) in [7, 11) is 1.64. The summed E-state index contributed by atoms with van der Waals surface area (Å²) in [4.78, 5) is 0. The van der Waals surface area contributed by atoms with Gasteiger partial charge in [0, 0.05) is 5.56 Å². The number of aryl methyl sites for hydroxylation is 1. The van der Waals surface area contributed by atoms with Crippen molar-refractivity contribution in [1.82, 2.24) is 0 Å². The van der Waals surface area contributed by atoms with Gasteiger partial charge in [-0.3, -0.25) is 0 Å². The zero-order valence-corrected chi connectivity index (χ0v) is 8.87. The van der Waals surface area contributed by atoms with Gasteiger partial charge in [-0.15, -0.1) is 0 Å². The van der Waals surface area contributed by atoms with E-state index in [9.17, 15) is 0 Å². The highest BCUT2D eigenvalue weighted by atomic mass is 16.5. The van der Waals surface area contributed by atoms with Crippen molar-refractivity contribution in [2.45, 2.75) is 26.2 Å². The highest BCUT2D eigenvalue weighted by Crippen LogP contribution is 2.29. The fraction of sp³-hybridized carbons (Fsp3) is 0.417. The summed E-state index contributed by atoms with van der Waals surface area (Å²) < 4.78 is 5.23. The summed E-state index contributed by atoms with van der Waals surface area (Å²) >= 11 is 0. The van der Waals surface area contributed by atoms with E-state index in [1.54, 1.807) is 7.11 Å². The first-order valence-electron chi connectivity index (χ1n) is 4.77. The number of ether oxygens (including phenoxy) is 1. The molecule has 0 saturated heterocycles. The van der Waals surface area contributed by atoms with Crippen molar-refractivity contribution in [3.63, 3.8) is 0 Å². The normalized spacial score (nSPS) is 11.9. The summed E-state index contributed by atoms with van der Waals surface area (Å²) in [5.41, 5.74) is 2.16. The number of methoxy groups -OCH3 is 1. The average molecular weight is 189 g/mol. The van der Waals surface area contributed by atoms with Gasteiger partial charge < -0.3 is 4.74 Å². The van der Waals surface area contributed by atoms with E-state index in [2.05, 4.69) is 6.07 Å². The Morgan fingerprint density at radius 2 is 2.21 bits per heavy atom. The zero-order chi connectivity index (χ0) is 10.6. The molecule has 0 aliphatic rings. The molecule has 0 heterocycles. The van der Waals surface area contributed by atoms with Crippen molar-refractivity contribution in [3.05, 3.63) is 29.3 Å². The molecule has 0 spiro atoms. The van der Waals surface area contributed by atoms with Crippen molar-refractivity contribution in [2.75, 3.05) is 7.11 Å². The van der Waals surface area contributed by atoms with Crippen LogP contribution in [0.5, 0.6) is 5.75 Å². The topological polar surface area (TPSA) is 33.0 Å². The summed E-state index contributed by atoms with van der Waals surface area (Å²) in [6.07, 6.45) is 0.816. The van der Waals surface area contributed by atoms with Gasteiger partial charge in [0.25, 0.3) is 0 Å². The van der Waals surface area contributed by atoms with E-state index >= 15 is 0 Å². The lowest BCUT2D eigenvalue weighted by Crippen LogP contribution is -1.98. The van der Waals surface area contributed by atoms with Crippen LogP contribution in [-0.4, -0.2) is 7.11 Å². The maximum absolute atomic E-state index is 8.98. The minimum atomic E-state index is -0.0650. The van der Waals surface area contributed by atoms with Gasteiger partial charge in [-0.2, -0.15) is 5.26 Å². The summed E-state index contributed by atoms with van der Waals surface area (Å²) in [5.74, 6) is 0.744. The molecule has 0 aliphatic heterocycles. The van der Waals surface area contributed by atoms with Crippen molar-refractivity contribution >= 4 is 0 Å². The number of nitriles is 1. The molecular weight excluding hydrogens is 174 g/mol. The largest absolute Gasteiger partial charge is 0.496 e. The molecule has 1 rings (SSSR count). The Hall–Kier alpha value is -1.49. The van der Waals surface area contributed by atoms with Crippen LogP contribution >= 0.6 is 0 Å². The predicted molar refractivity (Wildman–Crippen MR) is 56.4 cm³/mol. The quantitative estimate of drug-likeness (QED) is 0.732. The molecule has 0 aliphatic carbocycles. The van der Waals surface area contributed by atoms with Gasteiger partial charge in [0.15, 0.2) is 0 Å². The monoisotopic (exact) mass is 189 g/mol. The first-order valence-corrected chi connectivity index (χ1v) is 4.77. The van der Waals surface area contributed by atoms with Crippen molar-refractivity contribution in [3.8, 4) is 11.8 Å². The van der Waals surface area contributed by atoms with E-state index in [1.165, 1.54) is 0 Å². The molecule has 14 heavy (non-hydrogen) atoms. The van der Waals surface area contributed by atoms with Gasteiger partial charge in [0.05, 0.1) is 19.1 Å². The Morgan fingerprint density at radius 1 is 1.50 bits per heavy atom. The SMILES string of the molecule is CCC(C#N)c1cc(C)ccc1OC. The second kappa shape index (κ2) is 4.66. The number of rotatable bonds is 3. The lowest BCUT2D eigenvalue weighted by Gasteiger charge is -2.12. The summed E-state index contributed by atoms with van der Waals surface area (Å²) in [5, 5.41) is 8.98. The van der Waals surface area contributed by atoms with Crippen LogP contribution in [0.1, 0.15) is 30.4 Å². The third-order valence-corrected chi connectivity index (χ3v) is 2.32. The Morgan fingerprint density at radius 3 is 2.71 bits per heavy atom. The molecule has 2 heteroatoms. The minimum absolute atomic E-state index is 0.0650. The molecular formula is C12H15NO. The van der Waals surface area contributed by atoms with Gasteiger partial charge in [0.1, 0.15) is 5.75 Å². The molecule has 0 aromatic heterocycles. The maximum Gasteiger partial charge on any atom is 0.123 e. The standard InChI is InChI=1S/C12H15NO/c1-4-10(8-13)11-7-9(2)5-6-12(11)14-3/h5-7,10H,4H2,1-3H3. The van der Waals surface area contributed by atoms with Crippen LogP contribution in [0.3, 0.4) is 0 Å². The van der Waals surface area contributed by atoms with Crippen LogP contribution in [0, 0.1) is 18.3 Å². The summed E-state index contributed by atoms with van der Waals surface area (Å²) in [6.45, 7) is 4.03. The van der Waals surface area contributed by atoms with Crippen LogP contribution in [0.15, 0.2) is 18.2 Å². The zero-order valence-electron chi connectivity index (χ0n) is 8.87. The maximum atomic E-state index is 8.98. The Kier molecular flexibility index (Phi) is 3.53. The molecule has 1 atom stereocenters. The van der Waals surface area contributed by atoms with Gasteiger partial charge in [-0.05, 0) is 19.4 Å².